The Hall–Kier alpha value is -1.06. The van der Waals surface area contributed by atoms with Crippen molar-refractivity contribution >= 4 is 11.9 Å². The molecule has 0 N–H and O–H groups in total. The highest BCUT2D eigenvalue weighted by Gasteiger charge is 2.06. The lowest BCUT2D eigenvalue weighted by Crippen LogP contribution is -2.14. The minimum atomic E-state index is -0.524. The lowest BCUT2D eigenvalue weighted by molar-refractivity contribution is -0.157. The Morgan fingerprint density at radius 1 is 1.15 bits per heavy atom. The van der Waals surface area contributed by atoms with Crippen molar-refractivity contribution < 1.29 is 19.1 Å². The summed E-state index contributed by atoms with van der Waals surface area (Å²) in [6.07, 6.45) is 3.26. The molecule has 0 amide bonds. The zero-order valence-electron chi connectivity index (χ0n) is 8.17. The predicted molar refractivity (Wildman–Crippen MR) is 47.1 cm³/mol. The van der Waals surface area contributed by atoms with Crippen LogP contribution in [0.5, 0.6) is 0 Å². The van der Waals surface area contributed by atoms with E-state index in [1.807, 2.05) is 0 Å². The van der Waals surface area contributed by atoms with Crippen molar-refractivity contribution in [2.24, 2.45) is 0 Å². The van der Waals surface area contributed by atoms with E-state index in [1.54, 1.807) is 0 Å². The molecule has 0 heterocycles. The van der Waals surface area contributed by atoms with Crippen molar-refractivity contribution in [3.63, 3.8) is 0 Å². The van der Waals surface area contributed by atoms with Gasteiger partial charge in [-0.2, -0.15) is 0 Å². The van der Waals surface area contributed by atoms with E-state index in [-0.39, 0.29) is 12.6 Å². The third kappa shape index (κ3) is 7.31. The Kier molecular flexibility index (Phi) is 6.96. The molecule has 0 fully saturated rings. The van der Waals surface area contributed by atoms with Gasteiger partial charge in [0.15, 0.2) is 6.61 Å². The monoisotopic (exact) mass is 188 g/mol. The van der Waals surface area contributed by atoms with Crippen molar-refractivity contribution in [1.29, 1.82) is 0 Å². The molecule has 4 nitrogen and oxygen atoms in total. The van der Waals surface area contributed by atoms with Gasteiger partial charge in [0.2, 0.25) is 0 Å². The van der Waals surface area contributed by atoms with E-state index >= 15 is 0 Å². The lowest BCUT2D eigenvalue weighted by atomic mass is 10.2. The first-order valence-corrected chi connectivity index (χ1v) is 4.43. The molecular formula is C9H16O4. The van der Waals surface area contributed by atoms with Gasteiger partial charge in [0.1, 0.15) is 0 Å². The first-order chi connectivity index (χ1) is 6.20. The fourth-order valence-electron chi connectivity index (χ4n) is 0.790. The van der Waals surface area contributed by atoms with Crippen molar-refractivity contribution in [2.45, 2.75) is 32.6 Å². The topological polar surface area (TPSA) is 52.6 Å². The van der Waals surface area contributed by atoms with Gasteiger partial charge in [-0.05, 0) is 6.42 Å². The molecule has 0 aliphatic rings. The third-order valence-corrected chi connectivity index (χ3v) is 1.56. The number of carbonyl (C=O) groups excluding carboxylic acids is 2. The number of rotatable bonds is 6. The van der Waals surface area contributed by atoms with E-state index in [0.717, 1.165) is 19.3 Å². The predicted octanol–water partition coefficient (Wildman–Crippen LogP) is 1.28. The zero-order chi connectivity index (χ0) is 10.1. The Morgan fingerprint density at radius 2 is 1.85 bits per heavy atom. The van der Waals surface area contributed by atoms with E-state index in [2.05, 4.69) is 16.4 Å². The molecule has 0 aromatic carbocycles. The van der Waals surface area contributed by atoms with Crippen molar-refractivity contribution in [3.05, 3.63) is 0 Å². The van der Waals surface area contributed by atoms with E-state index in [9.17, 15) is 9.59 Å². The van der Waals surface area contributed by atoms with Crippen LogP contribution in [0, 0.1) is 0 Å². The number of ether oxygens (including phenoxy) is 2. The average molecular weight is 188 g/mol. The highest BCUT2D eigenvalue weighted by molar-refractivity contribution is 5.76. The minimum absolute atomic E-state index is 0.276. The van der Waals surface area contributed by atoms with Gasteiger partial charge < -0.3 is 9.47 Å². The van der Waals surface area contributed by atoms with Crippen LogP contribution in [0.25, 0.3) is 0 Å². The second-order valence-electron chi connectivity index (χ2n) is 2.69. The van der Waals surface area contributed by atoms with Gasteiger partial charge in [-0.15, -0.1) is 0 Å². The average Bonchev–Trinajstić information content (AvgIpc) is 2.14. The molecular weight excluding hydrogens is 172 g/mol. The maximum Gasteiger partial charge on any atom is 0.344 e. The SMILES string of the molecule is CCCCCC(=O)OCC(=O)OC. The van der Waals surface area contributed by atoms with Crippen LogP contribution in [-0.4, -0.2) is 25.7 Å². The van der Waals surface area contributed by atoms with Crippen LogP contribution in [0.1, 0.15) is 32.6 Å². The summed E-state index contributed by atoms with van der Waals surface area (Å²) >= 11 is 0. The maximum atomic E-state index is 10.9. The summed E-state index contributed by atoms with van der Waals surface area (Å²) in [6, 6.07) is 0. The summed E-state index contributed by atoms with van der Waals surface area (Å²) in [6.45, 7) is 1.78. The molecule has 0 radical (unpaired) electrons. The molecule has 0 bridgehead atoms. The molecule has 0 saturated heterocycles. The van der Waals surface area contributed by atoms with Crippen LogP contribution in [-0.2, 0) is 19.1 Å². The smallest absolute Gasteiger partial charge is 0.344 e. The summed E-state index contributed by atoms with van der Waals surface area (Å²) in [7, 11) is 1.26. The van der Waals surface area contributed by atoms with Crippen LogP contribution >= 0.6 is 0 Å². The molecule has 0 aliphatic heterocycles. The zero-order valence-corrected chi connectivity index (χ0v) is 8.17. The molecule has 0 spiro atoms. The fourth-order valence-corrected chi connectivity index (χ4v) is 0.790. The standard InChI is InChI=1S/C9H16O4/c1-3-4-5-6-8(10)13-7-9(11)12-2/h3-7H2,1-2H3. The summed E-state index contributed by atoms with van der Waals surface area (Å²) in [5.74, 6) is -0.859. The quantitative estimate of drug-likeness (QED) is 0.465. The summed E-state index contributed by atoms with van der Waals surface area (Å²) < 4.78 is 8.94. The van der Waals surface area contributed by atoms with Gasteiger partial charge in [-0.25, -0.2) is 4.79 Å². The van der Waals surface area contributed by atoms with E-state index < -0.39 is 5.97 Å². The number of carbonyl (C=O) groups is 2. The first-order valence-electron chi connectivity index (χ1n) is 4.43. The number of esters is 2. The molecule has 13 heavy (non-hydrogen) atoms. The van der Waals surface area contributed by atoms with E-state index in [4.69, 9.17) is 0 Å². The molecule has 0 aromatic rings. The molecule has 0 aliphatic carbocycles. The van der Waals surface area contributed by atoms with Crippen molar-refractivity contribution in [3.8, 4) is 0 Å². The second kappa shape index (κ2) is 7.58. The minimum Gasteiger partial charge on any atom is -0.466 e. The molecule has 0 aromatic heterocycles. The summed E-state index contributed by atoms with van der Waals surface area (Å²) in [4.78, 5) is 21.5. The Labute approximate surface area is 78.2 Å². The Bertz CT molecular complexity index is 165. The fraction of sp³-hybridized carbons (Fsp3) is 0.778. The molecule has 0 atom stereocenters. The first kappa shape index (κ1) is 11.9. The van der Waals surface area contributed by atoms with Crippen molar-refractivity contribution in [2.75, 3.05) is 13.7 Å². The van der Waals surface area contributed by atoms with Crippen LogP contribution in [0.2, 0.25) is 0 Å². The van der Waals surface area contributed by atoms with Crippen LogP contribution < -0.4 is 0 Å². The molecule has 0 unspecified atom stereocenters. The van der Waals surface area contributed by atoms with E-state index in [1.165, 1.54) is 7.11 Å². The van der Waals surface area contributed by atoms with Crippen LogP contribution in [0.4, 0.5) is 0 Å². The molecule has 0 rings (SSSR count). The Morgan fingerprint density at radius 3 is 2.38 bits per heavy atom. The highest BCUT2D eigenvalue weighted by atomic mass is 16.6. The van der Waals surface area contributed by atoms with Gasteiger partial charge in [0.25, 0.3) is 0 Å². The van der Waals surface area contributed by atoms with Gasteiger partial charge in [0.05, 0.1) is 7.11 Å². The molecule has 4 heteroatoms. The molecule has 76 valence electrons. The number of hydrogen-bond acceptors (Lipinski definition) is 4. The summed E-state index contributed by atoms with van der Waals surface area (Å²) in [5.41, 5.74) is 0. The third-order valence-electron chi connectivity index (χ3n) is 1.56. The number of hydrogen-bond donors (Lipinski definition) is 0. The highest BCUT2D eigenvalue weighted by Crippen LogP contribution is 2.00. The summed E-state index contributed by atoms with van der Waals surface area (Å²) in [5, 5.41) is 0. The largest absolute Gasteiger partial charge is 0.466 e. The van der Waals surface area contributed by atoms with Crippen LogP contribution in [0.15, 0.2) is 0 Å². The normalized spacial score (nSPS) is 9.38. The van der Waals surface area contributed by atoms with Gasteiger partial charge in [-0.1, -0.05) is 19.8 Å². The van der Waals surface area contributed by atoms with E-state index in [0.29, 0.717) is 6.42 Å². The number of methoxy groups -OCH3 is 1. The van der Waals surface area contributed by atoms with Gasteiger partial charge in [-0.3, -0.25) is 4.79 Å². The molecule has 0 saturated carbocycles. The second-order valence-corrected chi connectivity index (χ2v) is 2.69. The number of unbranched alkanes of at least 4 members (excludes halogenated alkanes) is 2. The maximum absolute atomic E-state index is 10.9. The lowest BCUT2D eigenvalue weighted by Gasteiger charge is -2.02. The van der Waals surface area contributed by atoms with Crippen LogP contribution in [0.3, 0.4) is 0 Å². The van der Waals surface area contributed by atoms with Crippen molar-refractivity contribution in [1.82, 2.24) is 0 Å². The van der Waals surface area contributed by atoms with Gasteiger partial charge >= 0.3 is 11.9 Å². The van der Waals surface area contributed by atoms with Gasteiger partial charge in [0, 0.05) is 6.42 Å². The Balaban J connectivity index is 3.35.